The minimum atomic E-state index is 0.972. The minimum absolute atomic E-state index is 0.972. The lowest BCUT2D eigenvalue weighted by molar-refractivity contribution is 0.414. The van der Waals surface area contributed by atoms with Gasteiger partial charge in [-0.25, -0.2) is 0 Å². The van der Waals surface area contributed by atoms with E-state index in [4.69, 9.17) is 4.74 Å². The number of hydrogen-bond donors (Lipinski definition) is 0. The molecule has 3 rings (SSSR count). The Balaban J connectivity index is 2.08. The Morgan fingerprint density at radius 1 is 1.19 bits per heavy atom. The Morgan fingerprint density at radius 2 is 2.06 bits per heavy atom. The Bertz CT molecular complexity index is 506. The highest BCUT2D eigenvalue weighted by Gasteiger charge is 2.24. The minimum Gasteiger partial charge on any atom is -0.497 e. The van der Waals surface area contributed by atoms with Crippen molar-refractivity contribution in [3.05, 3.63) is 46.5 Å². The molecule has 0 aromatic heterocycles. The summed E-state index contributed by atoms with van der Waals surface area (Å²) < 4.78 is 5.29. The molecule has 1 aromatic carbocycles. The molecule has 1 aromatic rings. The molecular formula is C15H16O. The summed E-state index contributed by atoms with van der Waals surface area (Å²) in [6.07, 6.45) is 5.84. The highest BCUT2D eigenvalue weighted by atomic mass is 16.5. The van der Waals surface area contributed by atoms with Gasteiger partial charge in [-0.05, 0) is 60.6 Å². The van der Waals surface area contributed by atoms with Crippen LogP contribution in [0.2, 0.25) is 0 Å². The van der Waals surface area contributed by atoms with Crippen LogP contribution in [0.3, 0.4) is 0 Å². The maximum absolute atomic E-state index is 5.29. The fraction of sp³-hybridized carbons (Fsp3) is 0.333. The zero-order valence-electron chi connectivity index (χ0n) is 9.84. The summed E-state index contributed by atoms with van der Waals surface area (Å²) in [5, 5.41) is 0. The molecule has 2 aliphatic rings. The molecule has 0 spiro atoms. The molecule has 0 atom stereocenters. The number of benzene rings is 1. The molecule has 1 heteroatoms. The van der Waals surface area contributed by atoms with Crippen LogP contribution in [-0.2, 0) is 6.42 Å². The molecule has 0 heterocycles. The Morgan fingerprint density at radius 3 is 2.88 bits per heavy atom. The SMILES string of the molecule is COc1ccc2c(c1)CC1=C2CCC=C1C. The van der Waals surface area contributed by atoms with Gasteiger partial charge in [-0.3, -0.25) is 0 Å². The molecule has 0 unspecified atom stereocenters. The van der Waals surface area contributed by atoms with Crippen LogP contribution >= 0.6 is 0 Å². The quantitative estimate of drug-likeness (QED) is 0.689. The number of rotatable bonds is 1. The highest BCUT2D eigenvalue weighted by Crippen LogP contribution is 2.42. The van der Waals surface area contributed by atoms with Gasteiger partial charge in [0.2, 0.25) is 0 Å². The van der Waals surface area contributed by atoms with E-state index in [1.165, 1.54) is 29.5 Å². The molecule has 1 nitrogen and oxygen atoms in total. The monoisotopic (exact) mass is 212 g/mol. The first-order chi connectivity index (χ1) is 7.79. The molecule has 0 saturated heterocycles. The first-order valence-corrected chi connectivity index (χ1v) is 5.86. The predicted molar refractivity (Wildman–Crippen MR) is 66.6 cm³/mol. The summed E-state index contributed by atoms with van der Waals surface area (Å²) in [7, 11) is 1.73. The fourth-order valence-corrected chi connectivity index (χ4v) is 2.82. The van der Waals surface area contributed by atoms with Crippen molar-refractivity contribution in [3.63, 3.8) is 0 Å². The van der Waals surface area contributed by atoms with E-state index in [2.05, 4.69) is 31.2 Å². The third-order valence-corrected chi connectivity index (χ3v) is 3.69. The second-order valence-corrected chi connectivity index (χ2v) is 4.58. The third-order valence-electron chi connectivity index (χ3n) is 3.69. The van der Waals surface area contributed by atoms with Gasteiger partial charge in [0.05, 0.1) is 7.11 Å². The Hall–Kier alpha value is -1.50. The lowest BCUT2D eigenvalue weighted by atomic mass is 9.92. The van der Waals surface area contributed by atoms with Crippen molar-refractivity contribution >= 4 is 5.57 Å². The van der Waals surface area contributed by atoms with Crippen LogP contribution in [0.4, 0.5) is 0 Å². The van der Waals surface area contributed by atoms with Gasteiger partial charge in [-0.15, -0.1) is 0 Å². The molecular weight excluding hydrogens is 196 g/mol. The van der Waals surface area contributed by atoms with Crippen LogP contribution in [0.5, 0.6) is 5.75 Å². The van der Waals surface area contributed by atoms with Crippen molar-refractivity contribution in [2.75, 3.05) is 7.11 Å². The van der Waals surface area contributed by atoms with Crippen molar-refractivity contribution in [2.45, 2.75) is 26.2 Å². The van der Waals surface area contributed by atoms with E-state index < -0.39 is 0 Å². The van der Waals surface area contributed by atoms with Gasteiger partial charge in [-0.1, -0.05) is 17.7 Å². The van der Waals surface area contributed by atoms with Crippen LogP contribution in [-0.4, -0.2) is 7.11 Å². The van der Waals surface area contributed by atoms with E-state index in [9.17, 15) is 0 Å². The smallest absolute Gasteiger partial charge is 0.119 e. The number of hydrogen-bond acceptors (Lipinski definition) is 1. The number of fused-ring (bicyclic) bond motifs is 2. The molecule has 0 N–H and O–H groups in total. The van der Waals surface area contributed by atoms with E-state index >= 15 is 0 Å². The van der Waals surface area contributed by atoms with Crippen LogP contribution in [0, 0.1) is 0 Å². The zero-order valence-corrected chi connectivity index (χ0v) is 9.84. The van der Waals surface area contributed by atoms with E-state index in [0.29, 0.717) is 0 Å². The summed E-state index contributed by atoms with van der Waals surface area (Å²) in [5.74, 6) is 0.972. The Labute approximate surface area is 96.4 Å². The number of allylic oxidation sites excluding steroid dienone is 4. The maximum atomic E-state index is 5.29. The highest BCUT2D eigenvalue weighted by molar-refractivity contribution is 5.81. The number of methoxy groups -OCH3 is 1. The van der Waals surface area contributed by atoms with Crippen LogP contribution in [0.25, 0.3) is 5.57 Å². The zero-order chi connectivity index (χ0) is 11.1. The van der Waals surface area contributed by atoms with Crippen molar-refractivity contribution in [3.8, 4) is 5.75 Å². The average Bonchev–Trinajstić information content (AvgIpc) is 2.68. The van der Waals surface area contributed by atoms with Gasteiger partial charge in [-0.2, -0.15) is 0 Å². The van der Waals surface area contributed by atoms with Crippen LogP contribution in [0.1, 0.15) is 30.9 Å². The molecule has 16 heavy (non-hydrogen) atoms. The lowest BCUT2D eigenvalue weighted by Crippen LogP contribution is -1.93. The molecule has 0 radical (unpaired) electrons. The summed E-state index contributed by atoms with van der Waals surface area (Å²) in [6.45, 7) is 2.23. The van der Waals surface area contributed by atoms with E-state index in [0.717, 1.165) is 12.2 Å². The van der Waals surface area contributed by atoms with Crippen LogP contribution < -0.4 is 4.74 Å². The molecule has 0 fully saturated rings. The summed E-state index contributed by atoms with van der Waals surface area (Å²) in [4.78, 5) is 0. The standard InChI is InChI=1S/C15H16O/c1-10-4-3-5-14-13-7-6-12(16-2)8-11(13)9-15(10)14/h4,6-8H,3,5,9H2,1-2H3. The predicted octanol–water partition coefficient (Wildman–Crippen LogP) is 3.75. The number of ether oxygens (including phenoxy) is 1. The maximum Gasteiger partial charge on any atom is 0.119 e. The largest absolute Gasteiger partial charge is 0.497 e. The van der Waals surface area contributed by atoms with Gasteiger partial charge in [0, 0.05) is 0 Å². The van der Waals surface area contributed by atoms with Crippen molar-refractivity contribution in [1.29, 1.82) is 0 Å². The summed E-state index contributed by atoms with van der Waals surface area (Å²) in [6, 6.07) is 6.47. The third kappa shape index (κ3) is 1.31. The van der Waals surface area contributed by atoms with Crippen LogP contribution in [0.15, 0.2) is 35.4 Å². The molecule has 2 aliphatic carbocycles. The van der Waals surface area contributed by atoms with Gasteiger partial charge in [0.25, 0.3) is 0 Å². The molecule has 0 saturated carbocycles. The van der Waals surface area contributed by atoms with E-state index in [-0.39, 0.29) is 0 Å². The second-order valence-electron chi connectivity index (χ2n) is 4.58. The fourth-order valence-electron chi connectivity index (χ4n) is 2.82. The van der Waals surface area contributed by atoms with Crippen molar-refractivity contribution < 1.29 is 4.74 Å². The summed E-state index contributed by atoms with van der Waals surface area (Å²) >= 11 is 0. The molecule has 82 valence electrons. The van der Waals surface area contributed by atoms with E-state index in [1.807, 2.05) is 0 Å². The van der Waals surface area contributed by atoms with E-state index in [1.54, 1.807) is 18.3 Å². The topological polar surface area (TPSA) is 9.23 Å². The molecule has 0 amide bonds. The first-order valence-electron chi connectivity index (χ1n) is 5.86. The van der Waals surface area contributed by atoms with Gasteiger partial charge < -0.3 is 4.74 Å². The van der Waals surface area contributed by atoms with Gasteiger partial charge in [0.1, 0.15) is 5.75 Å². The van der Waals surface area contributed by atoms with Gasteiger partial charge in [0.15, 0.2) is 0 Å². The average molecular weight is 212 g/mol. The molecule has 0 bridgehead atoms. The van der Waals surface area contributed by atoms with Crippen molar-refractivity contribution in [1.82, 2.24) is 0 Å². The normalized spacial score (nSPS) is 18.0. The lowest BCUT2D eigenvalue weighted by Gasteiger charge is -2.13. The molecule has 0 aliphatic heterocycles. The van der Waals surface area contributed by atoms with Crippen molar-refractivity contribution in [2.24, 2.45) is 0 Å². The summed E-state index contributed by atoms with van der Waals surface area (Å²) in [5.41, 5.74) is 7.46. The Kier molecular flexibility index (Phi) is 2.13. The first kappa shape index (κ1) is 9.71. The van der Waals surface area contributed by atoms with Gasteiger partial charge >= 0.3 is 0 Å². The second kappa shape index (κ2) is 3.51.